The van der Waals surface area contributed by atoms with Gasteiger partial charge in [0.05, 0.1) is 18.1 Å². The Labute approximate surface area is 219 Å². The lowest BCUT2D eigenvalue weighted by atomic mass is 9.53. The molecule has 200 valence electrons. The number of nitrogens with zero attached hydrogens (tertiary/aromatic N) is 3. The number of carbonyl (C=O) groups is 1. The first-order chi connectivity index (χ1) is 17.8. The van der Waals surface area contributed by atoms with Crippen molar-refractivity contribution in [3.05, 3.63) is 36.0 Å². The Balaban J connectivity index is 1.22. The molecule has 2 bridgehead atoms. The van der Waals surface area contributed by atoms with Crippen LogP contribution in [-0.2, 0) is 20.0 Å². The molecule has 0 unspecified atom stereocenters. The first kappa shape index (κ1) is 24.9. The number of anilines is 1. The molecule has 0 spiro atoms. The minimum absolute atomic E-state index is 0.0245. The molecule has 1 aromatic heterocycles. The number of rotatable bonds is 8. The van der Waals surface area contributed by atoms with Gasteiger partial charge in [0.25, 0.3) is 0 Å². The first-order valence-corrected chi connectivity index (χ1v) is 15.7. The zero-order valence-corrected chi connectivity index (χ0v) is 22.5. The molecule has 5 aliphatic rings. The quantitative estimate of drug-likeness (QED) is 0.486. The lowest BCUT2D eigenvalue weighted by molar-refractivity contribution is -0.123. The minimum atomic E-state index is -3.03. The van der Waals surface area contributed by atoms with Crippen molar-refractivity contribution >= 4 is 21.4 Å². The maximum atomic E-state index is 13.9. The van der Waals surface area contributed by atoms with E-state index in [2.05, 4.69) is 5.16 Å². The van der Waals surface area contributed by atoms with Crippen molar-refractivity contribution in [2.75, 3.05) is 29.6 Å². The van der Waals surface area contributed by atoms with Crippen LogP contribution in [0.4, 0.5) is 5.69 Å². The number of hydrogen-bond donors (Lipinski definition) is 0. The minimum Gasteiger partial charge on any atom is -0.494 e. The van der Waals surface area contributed by atoms with Gasteiger partial charge in [-0.2, -0.15) is 4.98 Å². The van der Waals surface area contributed by atoms with Crippen LogP contribution in [0.2, 0.25) is 0 Å². The average molecular weight is 528 g/mol. The normalized spacial score (nSPS) is 29.2. The van der Waals surface area contributed by atoms with E-state index in [0.717, 1.165) is 74.5 Å². The largest absolute Gasteiger partial charge is 0.494 e. The van der Waals surface area contributed by atoms with Gasteiger partial charge in [-0.25, -0.2) is 8.42 Å². The zero-order chi connectivity index (χ0) is 25.7. The van der Waals surface area contributed by atoms with Gasteiger partial charge in [0, 0.05) is 35.5 Å². The molecule has 1 aromatic carbocycles. The third-order valence-electron chi connectivity index (χ3n) is 9.34. The van der Waals surface area contributed by atoms with Crippen LogP contribution in [0.5, 0.6) is 5.75 Å². The summed E-state index contributed by atoms with van der Waals surface area (Å²) in [6.07, 6.45) is 9.18. The fraction of sp³-hybridized carbons (Fsp3) is 0.679. The number of hydrogen-bond acceptors (Lipinski definition) is 7. The van der Waals surface area contributed by atoms with Crippen LogP contribution >= 0.6 is 0 Å². The molecule has 4 saturated carbocycles. The van der Waals surface area contributed by atoms with Gasteiger partial charge in [0.15, 0.2) is 5.82 Å². The molecule has 8 nitrogen and oxygen atoms in total. The zero-order valence-electron chi connectivity index (χ0n) is 21.7. The summed E-state index contributed by atoms with van der Waals surface area (Å²) in [6.45, 7) is 3.16. The fourth-order valence-electron chi connectivity index (χ4n) is 6.68. The number of amides is 1. The average Bonchev–Trinajstić information content (AvgIpc) is 3.64. The third kappa shape index (κ3) is 4.91. The van der Waals surface area contributed by atoms with E-state index in [0.29, 0.717) is 31.9 Å². The Hall–Kier alpha value is -2.42. The lowest BCUT2D eigenvalue weighted by Gasteiger charge is -2.53. The molecule has 1 saturated heterocycles. The highest BCUT2D eigenvalue weighted by Gasteiger charge is 2.53. The van der Waals surface area contributed by atoms with Gasteiger partial charge in [-0.15, -0.1) is 0 Å². The predicted octanol–water partition coefficient (Wildman–Crippen LogP) is 4.80. The summed E-state index contributed by atoms with van der Waals surface area (Å²) in [6, 6.07) is 7.77. The summed E-state index contributed by atoms with van der Waals surface area (Å²) >= 11 is 0. The second-order valence-electron chi connectivity index (χ2n) is 11.8. The van der Waals surface area contributed by atoms with Crippen LogP contribution in [-0.4, -0.2) is 49.1 Å². The molecule has 0 atom stereocenters. The molecule has 2 heterocycles. The first-order valence-electron chi connectivity index (χ1n) is 13.9. The van der Waals surface area contributed by atoms with Gasteiger partial charge in [0.1, 0.15) is 15.6 Å². The molecule has 1 amide bonds. The summed E-state index contributed by atoms with van der Waals surface area (Å²) < 4.78 is 35.6. The number of carbonyl (C=O) groups excluding carboxylic acids is 1. The summed E-state index contributed by atoms with van der Waals surface area (Å²) in [4.78, 5) is 20.7. The monoisotopic (exact) mass is 527 g/mol. The van der Waals surface area contributed by atoms with E-state index in [1.165, 1.54) is 0 Å². The van der Waals surface area contributed by atoms with Crippen molar-refractivity contribution in [1.29, 1.82) is 0 Å². The molecule has 7 rings (SSSR count). The van der Waals surface area contributed by atoms with Gasteiger partial charge in [-0.05, 0) is 88.7 Å². The fourth-order valence-corrected chi connectivity index (χ4v) is 8.17. The van der Waals surface area contributed by atoms with E-state index in [4.69, 9.17) is 14.2 Å². The Morgan fingerprint density at radius 3 is 2.43 bits per heavy atom. The third-order valence-corrected chi connectivity index (χ3v) is 11.1. The standard InChI is InChI=1S/C28H37N3O5S/c1-2-35-23-5-3-4-22(18-23)31(25(32)21-8-16-37(33,34)17-9-21)19-27-10-13-28(14-11-27,15-12-27)26-29-24(30-36-26)20-6-7-20/h3-5,18,20-21H,2,6-17,19H2,1H3. The van der Waals surface area contributed by atoms with E-state index in [1.807, 2.05) is 36.1 Å². The molecule has 5 fully saturated rings. The van der Waals surface area contributed by atoms with Gasteiger partial charge in [-0.3, -0.25) is 4.79 Å². The van der Waals surface area contributed by atoms with Gasteiger partial charge in [-0.1, -0.05) is 11.2 Å². The molecular weight excluding hydrogens is 490 g/mol. The second kappa shape index (κ2) is 9.40. The highest BCUT2D eigenvalue weighted by Crippen LogP contribution is 2.58. The molecular formula is C28H37N3O5S. The highest BCUT2D eigenvalue weighted by atomic mass is 32.2. The Kier molecular flexibility index (Phi) is 6.32. The lowest BCUT2D eigenvalue weighted by Crippen LogP contribution is -2.52. The van der Waals surface area contributed by atoms with Crippen LogP contribution in [0, 0.1) is 11.3 Å². The van der Waals surface area contributed by atoms with E-state index in [1.54, 1.807) is 0 Å². The molecule has 1 aliphatic heterocycles. The number of fused-ring (bicyclic) bond motifs is 3. The van der Waals surface area contributed by atoms with Crippen LogP contribution in [0.3, 0.4) is 0 Å². The van der Waals surface area contributed by atoms with Crippen LogP contribution in [0.1, 0.15) is 88.8 Å². The molecule has 9 heteroatoms. The summed E-state index contributed by atoms with van der Waals surface area (Å²) in [5, 5.41) is 4.28. The van der Waals surface area contributed by atoms with Crippen molar-refractivity contribution in [2.45, 2.75) is 82.5 Å². The maximum Gasteiger partial charge on any atom is 0.232 e. The van der Waals surface area contributed by atoms with E-state index in [9.17, 15) is 13.2 Å². The van der Waals surface area contributed by atoms with Crippen molar-refractivity contribution in [3.8, 4) is 5.75 Å². The Morgan fingerprint density at radius 2 is 1.78 bits per heavy atom. The molecule has 0 radical (unpaired) electrons. The Morgan fingerprint density at radius 1 is 1.08 bits per heavy atom. The van der Waals surface area contributed by atoms with Crippen LogP contribution < -0.4 is 9.64 Å². The van der Waals surface area contributed by atoms with E-state index >= 15 is 0 Å². The Bertz CT molecular complexity index is 1230. The van der Waals surface area contributed by atoms with Crippen LogP contribution in [0.25, 0.3) is 0 Å². The smallest absolute Gasteiger partial charge is 0.232 e. The van der Waals surface area contributed by atoms with Crippen molar-refractivity contribution in [3.63, 3.8) is 0 Å². The number of sulfone groups is 1. The molecule has 37 heavy (non-hydrogen) atoms. The highest BCUT2D eigenvalue weighted by molar-refractivity contribution is 7.91. The topological polar surface area (TPSA) is 103 Å². The molecule has 0 N–H and O–H groups in total. The number of ether oxygens (including phenoxy) is 1. The van der Waals surface area contributed by atoms with E-state index in [-0.39, 0.29) is 34.2 Å². The van der Waals surface area contributed by atoms with E-state index < -0.39 is 9.84 Å². The predicted molar refractivity (Wildman–Crippen MR) is 139 cm³/mol. The van der Waals surface area contributed by atoms with Crippen molar-refractivity contribution in [2.24, 2.45) is 11.3 Å². The summed E-state index contributed by atoms with van der Waals surface area (Å²) in [7, 11) is -3.03. The second-order valence-corrected chi connectivity index (χ2v) is 14.1. The van der Waals surface area contributed by atoms with Gasteiger partial charge >= 0.3 is 0 Å². The SMILES string of the molecule is CCOc1cccc(N(CC23CCC(c4nc(C5CC5)no4)(CC2)CC3)C(=O)C2CCS(=O)(=O)CC2)c1. The number of benzene rings is 1. The van der Waals surface area contributed by atoms with Crippen molar-refractivity contribution < 1.29 is 22.5 Å². The van der Waals surface area contributed by atoms with Crippen molar-refractivity contribution in [1.82, 2.24) is 10.1 Å². The van der Waals surface area contributed by atoms with Crippen LogP contribution in [0.15, 0.2) is 28.8 Å². The number of aromatic nitrogens is 2. The van der Waals surface area contributed by atoms with Gasteiger partial charge < -0.3 is 14.2 Å². The van der Waals surface area contributed by atoms with Gasteiger partial charge in [0.2, 0.25) is 11.8 Å². The maximum absolute atomic E-state index is 13.9. The molecule has 4 aliphatic carbocycles. The molecule has 2 aromatic rings. The summed E-state index contributed by atoms with van der Waals surface area (Å²) in [5.74, 6) is 2.91. The summed E-state index contributed by atoms with van der Waals surface area (Å²) in [5.41, 5.74) is 0.856.